The highest BCUT2D eigenvalue weighted by Crippen LogP contribution is 2.23. The summed E-state index contributed by atoms with van der Waals surface area (Å²) in [7, 11) is -3.52. The molecule has 1 amide bonds. The number of rotatable bonds is 7. The predicted molar refractivity (Wildman–Crippen MR) is 113 cm³/mol. The van der Waals surface area contributed by atoms with Crippen molar-refractivity contribution in [1.29, 1.82) is 0 Å². The fourth-order valence-corrected chi connectivity index (χ4v) is 5.62. The summed E-state index contributed by atoms with van der Waals surface area (Å²) in [6.07, 6.45) is 2.85. The third kappa shape index (κ3) is 5.00. The molecule has 6 nitrogen and oxygen atoms in total. The first-order chi connectivity index (χ1) is 13.4. The maximum absolute atomic E-state index is 12.8. The fourth-order valence-electron chi connectivity index (χ4n) is 3.31. The van der Waals surface area contributed by atoms with Crippen LogP contribution in [-0.4, -0.2) is 37.8 Å². The monoisotopic (exact) mass is 421 g/mol. The van der Waals surface area contributed by atoms with Gasteiger partial charge in [-0.1, -0.05) is 18.6 Å². The van der Waals surface area contributed by atoms with Gasteiger partial charge < -0.3 is 5.32 Å². The highest BCUT2D eigenvalue weighted by Gasteiger charge is 2.26. The second-order valence-electron chi connectivity index (χ2n) is 7.11. The first-order valence-corrected chi connectivity index (χ1v) is 11.9. The molecule has 1 aromatic carbocycles. The molecule has 1 aliphatic rings. The minimum absolute atomic E-state index is 0.0616. The molecule has 0 saturated carbocycles. The van der Waals surface area contributed by atoms with Crippen molar-refractivity contribution < 1.29 is 13.2 Å². The minimum atomic E-state index is -3.52. The van der Waals surface area contributed by atoms with E-state index in [0.717, 1.165) is 24.1 Å². The lowest BCUT2D eigenvalue weighted by atomic mass is 10.2. The van der Waals surface area contributed by atoms with Gasteiger partial charge in [-0.3, -0.25) is 10.1 Å². The third-order valence-corrected chi connectivity index (χ3v) is 7.87. The molecule has 2 atom stereocenters. The summed E-state index contributed by atoms with van der Waals surface area (Å²) in [6.45, 7) is 4.93. The topological polar surface area (TPSA) is 78.5 Å². The number of carbonyl (C=O) groups is 1. The number of sulfonamides is 1. The molecule has 2 heterocycles. The molecule has 1 fully saturated rings. The van der Waals surface area contributed by atoms with Crippen LogP contribution in [0.15, 0.2) is 46.7 Å². The average Bonchev–Trinajstić information content (AvgIpc) is 3.24. The molecule has 0 radical (unpaired) electrons. The highest BCUT2D eigenvalue weighted by atomic mass is 32.2. The van der Waals surface area contributed by atoms with Crippen LogP contribution < -0.4 is 10.6 Å². The molecular formula is C20H27N3O3S2. The molecule has 2 unspecified atom stereocenters. The van der Waals surface area contributed by atoms with Gasteiger partial charge in [-0.05, 0) is 56.3 Å². The van der Waals surface area contributed by atoms with Crippen LogP contribution >= 0.6 is 11.3 Å². The van der Waals surface area contributed by atoms with Gasteiger partial charge in [0, 0.05) is 29.7 Å². The van der Waals surface area contributed by atoms with Crippen molar-refractivity contribution in [3.8, 4) is 0 Å². The molecule has 8 heteroatoms. The highest BCUT2D eigenvalue weighted by molar-refractivity contribution is 7.89. The van der Waals surface area contributed by atoms with Gasteiger partial charge in [-0.2, -0.15) is 4.31 Å². The Kier molecular flexibility index (Phi) is 6.87. The number of nitrogens with zero attached hydrogens (tertiary/aromatic N) is 1. The summed E-state index contributed by atoms with van der Waals surface area (Å²) in [5.74, 6) is -0.198. The van der Waals surface area contributed by atoms with E-state index in [4.69, 9.17) is 0 Å². The Morgan fingerprint density at radius 1 is 1.11 bits per heavy atom. The van der Waals surface area contributed by atoms with Gasteiger partial charge in [0.15, 0.2) is 0 Å². The van der Waals surface area contributed by atoms with Gasteiger partial charge in [0.25, 0.3) is 0 Å². The zero-order chi connectivity index (χ0) is 20.1. The zero-order valence-electron chi connectivity index (χ0n) is 16.2. The molecular weight excluding hydrogens is 394 g/mol. The van der Waals surface area contributed by atoms with Crippen LogP contribution in [0.3, 0.4) is 0 Å². The Morgan fingerprint density at radius 3 is 2.54 bits per heavy atom. The molecule has 0 bridgehead atoms. The summed E-state index contributed by atoms with van der Waals surface area (Å²) in [6, 6.07) is 10.2. The number of amides is 1. The van der Waals surface area contributed by atoms with E-state index in [0.29, 0.717) is 18.8 Å². The summed E-state index contributed by atoms with van der Waals surface area (Å²) in [4.78, 5) is 13.9. The second-order valence-corrected chi connectivity index (χ2v) is 10.0. The lowest BCUT2D eigenvalue weighted by Crippen LogP contribution is -2.39. The van der Waals surface area contributed by atoms with Gasteiger partial charge in [0.05, 0.1) is 10.9 Å². The predicted octanol–water partition coefficient (Wildman–Crippen LogP) is 3.60. The number of nitrogens with one attached hydrogen (secondary N) is 2. The van der Waals surface area contributed by atoms with Crippen LogP contribution in [-0.2, 0) is 14.8 Å². The fraction of sp³-hybridized carbons (Fsp3) is 0.450. The smallest absolute Gasteiger partial charge is 0.243 e. The van der Waals surface area contributed by atoms with Crippen LogP contribution in [0.1, 0.15) is 44.0 Å². The lowest BCUT2D eigenvalue weighted by molar-refractivity contribution is -0.117. The number of piperidine rings is 1. The van der Waals surface area contributed by atoms with Crippen LogP contribution in [0.2, 0.25) is 0 Å². The number of thiophene rings is 1. The van der Waals surface area contributed by atoms with Crippen LogP contribution in [0.5, 0.6) is 0 Å². The maximum atomic E-state index is 12.8. The van der Waals surface area contributed by atoms with Crippen molar-refractivity contribution in [3.63, 3.8) is 0 Å². The summed E-state index contributed by atoms with van der Waals surface area (Å²) in [5.41, 5.74) is 0.487. The zero-order valence-corrected chi connectivity index (χ0v) is 17.9. The number of benzene rings is 1. The van der Waals surface area contributed by atoms with Gasteiger partial charge in [0.2, 0.25) is 15.9 Å². The van der Waals surface area contributed by atoms with E-state index in [9.17, 15) is 13.2 Å². The Morgan fingerprint density at radius 2 is 1.86 bits per heavy atom. The van der Waals surface area contributed by atoms with Gasteiger partial charge >= 0.3 is 0 Å². The molecule has 1 aliphatic heterocycles. The molecule has 152 valence electrons. The molecule has 2 aromatic rings. The first kappa shape index (κ1) is 21.0. The van der Waals surface area contributed by atoms with Gasteiger partial charge in [0.1, 0.15) is 0 Å². The Hall–Kier alpha value is -1.74. The van der Waals surface area contributed by atoms with E-state index < -0.39 is 16.1 Å². The normalized spacial score (nSPS) is 17.8. The van der Waals surface area contributed by atoms with Gasteiger partial charge in [-0.15, -0.1) is 11.3 Å². The molecule has 0 aliphatic carbocycles. The van der Waals surface area contributed by atoms with E-state index in [2.05, 4.69) is 10.6 Å². The van der Waals surface area contributed by atoms with Crippen LogP contribution in [0.4, 0.5) is 5.69 Å². The lowest BCUT2D eigenvalue weighted by Gasteiger charge is -2.26. The maximum Gasteiger partial charge on any atom is 0.243 e. The second kappa shape index (κ2) is 9.17. The molecule has 3 rings (SSSR count). The van der Waals surface area contributed by atoms with Gasteiger partial charge in [-0.25, -0.2) is 8.42 Å². The molecule has 0 spiro atoms. The Labute approximate surface area is 171 Å². The molecule has 28 heavy (non-hydrogen) atoms. The third-order valence-electron chi connectivity index (χ3n) is 4.92. The number of hydrogen-bond donors (Lipinski definition) is 2. The van der Waals surface area contributed by atoms with Crippen molar-refractivity contribution in [2.24, 2.45) is 0 Å². The van der Waals surface area contributed by atoms with E-state index in [1.807, 2.05) is 24.4 Å². The summed E-state index contributed by atoms with van der Waals surface area (Å²) in [5, 5.41) is 8.10. The molecule has 2 N–H and O–H groups in total. The quantitative estimate of drug-likeness (QED) is 0.716. The minimum Gasteiger partial charge on any atom is -0.325 e. The Bertz CT molecular complexity index is 891. The van der Waals surface area contributed by atoms with E-state index in [1.54, 1.807) is 36.5 Å². The molecule has 1 saturated heterocycles. The average molecular weight is 422 g/mol. The Balaban J connectivity index is 1.65. The van der Waals surface area contributed by atoms with Crippen molar-refractivity contribution in [2.45, 2.75) is 50.1 Å². The van der Waals surface area contributed by atoms with Crippen molar-refractivity contribution in [3.05, 3.63) is 46.7 Å². The van der Waals surface area contributed by atoms with Crippen LogP contribution in [0, 0.1) is 0 Å². The standard InChI is InChI=1S/C20H27N3O3S2/c1-15(19-10-7-13-27-19)21-16(2)20(24)22-17-8-6-9-18(14-17)28(25,26)23-11-4-3-5-12-23/h6-10,13-16,21H,3-5,11-12H2,1-2H3,(H,22,24). The summed E-state index contributed by atoms with van der Waals surface area (Å²) >= 11 is 1.64. The number of carbonyl (C=O) groups excluding carboxylic acids is 1. The number of anilines is 1. The van der Waals surface area contributed by atoms with E-state index in [1.165, 1.54) is 10.4 Å². The summed E-state index contributed by atoms with van der Waals surface area (Å²) < 4.78 is 27.2. The van der Waals surface area contributed by atoms with E-state index in [-0.39, 0.29) is 16.8 Å². The number of hydrogen-bond acceptors (Lipinski definition) is 5. The largest absolute Gasteiger partial charge is 0.325 e. The molecule has 1 aromatic heterocycles. The van der Waals surface area contributed by atoms with Crippen molar-refractivity contribution in [2.75, 3.05) is 18.4 Å². The van der Waals surface area contributed by atoms with Crippen LogP contribution in [0.25, 0.3) is 0 Å². The van der Waals surface area contributed by atoms with Crippen molar-refractivity contribution in [1.82, 2.24) is 9.62 Å². The van der Waals surface area contributed by atoms with E-state index >= 15 is 0 Å². The first-order valence-electron chi connectivity index (χ1n) is 9.58. The van der Waals surface area contributed by atoms with Crippen molar-refractivity contribution >= 4 is 33.0 Å². The SMILES string of the molecule is CC(NC(C)c1cccs1)C(=O)Nc1cccc(S(=O)(=O)N2CCCCC2)c1.